The fourth-order valence-electron chi connectivity index (χ4n) is 2.87. The standard InChI is InChI=1S/C16H18F3N5O2/c1-26-12-8-20-15(21-9-12)23-6-4-11(5-7-23)10-24-14(25)3-2-13(22-24)16(17,18)19/h2-3,8-9,11H,4-7,10H2,1H3. The minimum atomic E-state index is -4.56. The van der Waals surface area contributed by atoms with Crippen molar-refractivity contribution in [1.82, 2.24) is 19.7 Å². The second-order valence-electron chi connectivity index (χ2n) is 6.09. The zero-order valence-electron chi connectivity index (χ0n) is 14.1. The average Bonchev–Trinajstić information content (AvgIpc) is 2.63. The van der Waals surface area contributed by atoms with Gasteiger partial charge in [-0.15, -0.1) is 0 Å². The summed E-state index contributed by atoms with van der Waals surface area (Å²) in [4.78, 5) is 22.3. The number of rotatable bonds is 4. The molecule has 0 N–H and O–H groups in total. The molecule has 1 saturated heterocycles. The third kappa shape index (κ3) is 4.12. The molecule has 2 aromatic rings. The normalized spacial score (nSPS) is 15.9. The molecular formula is C16H18F3N5O2. The van der Waals surface area contributed by atoms with E-state index in [1.165, 1.54) is 7.11 Å². The number of anilines is 1. The zero-order chi connectivity index (χ0) is 18.7. The Balaban J connectivity index is 1.63. The molecule has 0 amide bonds. The van der Waals surface area contributed by atoms with Gasteiger partial charge in [0.25, 0.3) is 5.56 Å². The van der Waals surface area contributed by atoms with E-state index in [1.807, 2.05) is 4.90 Å². The topological polar surface area (TPSA) is 73.1 Å². The fraction of sp³-hybridized carbons (Fsp3) is 0.500. The molecule has 0 bridgehead atoms. The van der Waals surface area contributed by atoms with Gasteiger partial charge < -0.3 is 9.64 Å². The SMILES string of the molecule is COc1cnc(N2CCC(Cn3nc(C(F)(F)F)ccc3=O)CC2)nc1. The molecule has 7 nitrogen and oxygen atoms in total. The number of halogens is 3. The highest BCUT2D eigenvalue weighted by molar-refractivity contribution is 5.31. The predicted molar refractivity (Wildman–Crippen MR) is 87.0 cm³/mol. The van der Waals surface area contributed by atoms with Crippen LogP contribution in [0.25, 0.3) is 0 Å². The maximum Gasteiger partial charge on any atom is 0.435 e. The van der Waals surface area contributed by atoms with Crippen molar-refractivity contribution in [3.63, 3.8) is 0 Å². The van der Waals surface area contributed by atoms with Gasteiger partial charge in [0.2, 0.25) is 5.95 Å². The van der Waals surface area contributed by atoms with Gasteiger partial charge in [-0.05, 0) is 24.8 Å². The van der Waals surface area contributed by atoms with Crippen LogP contribution in [-0.4, -0.2) is 39.9 Å². The Morgan fingerprint density at radius 1 is 1.19 bits per heavy atom. The van der Waals surface area contributed by atoms with Gasteiger partial charge >= 0.3 is 6.18 Å². The van der Waals surface area contributed by atoms with Crippen LogP contribution in [0.3, 0.4) is 0 Å². The maximum atomic E-state index is 12.8. The number of piperidine rings is 1. The van der Waals surface area contributed by atoms with E-state index in [1.54, 1.807) is 12.4 Å². The predicted octanol–water partition coefficient (Wildman–Crippen LogP) is 1.98. The summed E-state index contributed by atoms with van der Waals surface area (Å²) in [5.74, 6) is 1.22. The number of hydrogen-bond donors (Lipinski definition) is 0. The van der Waals surface area contributed by atoms with Crippen molar-refractivity contribution in [3.05, 3.63) is 40.6 Å². The largest absolute Gasteiger partial charge is 0.494 e. The molecule has 2 aromatic heterocycles. The Morgan fingerprint density at radius 3 is 2.42 bits per heavy atom. The molecular weight excluding hydrogens is 351 g/mol. The van der Waals surface area contributed by atoms with E-state index in [-0.39, 0.29) is 12.5 Å². The minimum Gasteiger partial charge on any atom is -0.494 e. The van der Waals surface area contributed by atoms with Crippen LogP contribution in [0.2, 0.25) is 0 Å². The van der Waals surface area contributed by atoms with E-state index in [2.05, 4.69) is 15.1 Å². The van der Waals surface area contributed by atoms with E-state index >= 15 is 0 Å². The van der Waals surface area contributed by atoms with Crippen LogP contribution >= 0.6 is 0 Å². The van der Waals surface area contributed by atoms with Crippen molar-refractivity contribution >= 4 is 5.95 Å². The summed E-state index contributed by atoms with van der Waals surface area (Å²) in [5.41, 5.74) is -1.58. The molecule has 10 heteroatoms. The van der Waals surface area contributed by atoms with E-state index in [4.69, 9.17) is 4.74 Å². The second kappa shape index (κ2) is 7.30. The van der Waals surface area contributed by atoms with Crippen LogP contribution in [0.5, 0.6) is 5.75 Å². The Labute approximate surface area is 147 Å². The number of aromatic nitrogens is 4. The molecule has 0 atom stereocenters. The molecule has 26 heavy (non-hydrogen) atoms. The summed E-state index contributed by atoms with van der Waals surface area (Å²) >= 11 is 0. The molecule has 3 rings (SSSR count). The van der Waals surface area contributed by atoms with Crippen LogP contribution in [0.15, 0.2) is 29.3 Å². The highest BCUT2D eigenvalue weighted by atomic mass is 19.4. The van der Waals surface area contributed by atoms with Gasteiger partial charge in [0.1, 0.15) is 0 Å². The second-order valence-corrected chi connectivity index (χ2v) is 6.09. The summed E-state index contributed by atoms with van der Waals surface area (Å²) in [6.45, 7) is 1.48. The van der Waals surface area contributed by atoms with Crippen molar-refractivity contribution in [1.29, 1.82) is 0 Å². The van der Waals surface area contributed by atoms with Gasteiger partial charge in [-0.25, -0.2) is 14.6 Å². The van der Waals surface area contributed by atoms with Crippen molar-refractivity contribution < 1.29 is 17.9 Å². The van der Waals surface area contributed by atoms with Crippen molar-refractivity contribution in [2.75, 3.05) is 25.1 Å². The monoisotopic (exact) mass is 369 g/mol. The van der Waals surface area contributed by atoms with E-state index in [0.29, 0.717) is 43.7 Å². The third-order valence-corrected chi connectivity index (χ3v) is 4.34. The summed E-state index contributed by atoms with van der Waals surface area (Å²) in [5, 5.41) is 3.46. The van der Waals surface area contributed by atoms with Gasteiger partial charge in [-0.2, -0.15) is 18.3 Å². The summed E-state index contributed by atoms with van der Waals surface area (Å²) in [6.07, 6.45) is 0.0189. The number of methoxy groups -OCH3 is 1. The highest BCUT2D eigenvalue weighted by Gasteiger charge is 2.33. The number of nitrogens with zero attached hydrogens (tertiary/aromatic N) is 5. The fourth-order valence-corrected chi connectivity index (χ4v) is 2.87. The van der Waals surface area contributed by atoms with Crippen LogP contribution in [0.1, 0.15) is 18.5 Å². The Morgan fingerprint density at radius 2 is 1.85 bits per heavy atom. The van der Waals surface area contributed by atoms with E-state index < -0.39 is 17.4 Å². The molecule has 1 aliphatic heterocycles. The molecule has 0 saturated carbocycles. The quantitative estimate of drug-likeness (QED) is 0.821. The first-order chi connectivity index (χ1) is 12.4. The van der Waals surface area contributed by atoms with Gasteiger partial charge in [0.15, 0.2) is 11.4 Å². The summed E-state index contributed by atoms with van der Waals surface area (Å²) < 4.78 is 44.2. The van der Waals surface area contributed by atoms with Crippen LogP contribution < -0.4 is 15.2 Å². The Bertz CT molecular complexity index is 799. The Hall–Kier alpha value is -2.65. The molecule has 0 radical (unpaired) electrons. The minimum absolute atomic E-state index is 0.0678. The van der Waals surface area contributed by atoms with Gasteiger partial charge in [-0.3, -0.25) is 4.79 Å². The lowest BCUT2D eigenvalue weighted by atomic mass is 9.97. The summed E-state index contributed by atoms with van der Waals surface area (Å²) in [7, 11) is 1.54. The molecule has 0 unspecified atom stereocenters. The molecule has 1 aliphatic rings. The van der Waals surface area contributed by atoms with Crippen LogP contribution in [-0.2, 0) is 12.7 Å². The smallest absolute Gasteiger partial charge is 0.435 e. The van der Waals surface area contributed by atoms with E-state index in [0.717, 1.165) is 10.7 Å². The molecule has 0 aliphatic carbocycles. The molecule has 0 spiro atoms. The lowest BCUT2D eigenvalue weighted by molar-refractivity contribution is -0.142. The van der Waals surface area contributed by atoms with E-state index in [9.17, 15) is 18.0 Å². The first kappa shape index (κ1) is 18.2. The van der Waals surface area contributed by atoms with Gasteiger partial charge in [-0.1, -0.05) is 0 Å². The Kier molecular flexibility index (Phi) is 5.10. The lowest BCUT2D eigenvalue weighted by Crippen LogP contribution is -2.38. The van der Waals surface area contributed by atoms with Gasteiger partial charge in [0, 0.05) is 25.7 Å². The average molecular weight is 369 g/mol. The van der Waals surface area contributed by atoms with Crippen molar-refractivity contribution in [2.45, 2.75) is 25.6 Å². The van der Waals surface area contributed by atoms with Gasteiger partial charge in [0.05, 0.1) is 19.5 Å². The number of hydrogen-bond acceptors (Lipinski definition) is 6. The molecule has 140 valence electrons. The summed E-state index contributed by atoms with van der Waals surface area (Å²) in [6, 6.07) is 1.62. The van der Waals surface area contributed by atoms with Crippen LogP contribution in [0, 0.1) is 5.92 Å². The van der Waals surface area contributed by atoms with Crippen molar-refractivity contribution in [2.24, 2.45) is 5.92 Å². The van der Waals surface area contributed by atoms with Crippen LogP contribution in [0.4, 0.5) is 19.1 Å². The highest BCUT2D eigenvalue weighted by Crippen LogP contribution is 2.27. The van der Waals surface area contributed by atoms with Crippen molar-refractivity contribution in [3.8, 4) is 5.75 Å². The number of alkyl halides is 3. The molecule has 3 heterocycles. The molecule has 0 aromatic carbocycles. The maximum absolute atomic E-state index is 12.8. The lowest BCUT2D eigenvalue weighted by Gasteiger charge is -2.32. The number of ether oxygens (including phenoxy) is 1. The zero-order valence-corrected chi connectivity index (χ0v) is 14.1. The third-order valence-electron chi connectivity index (χ3n) is 4.34. The first-order valence-corrected chi connectivity index (χ1v) is 8.13. The first-order valence-electron chi connectivity index (χ1n) is 8.13. The molecule has 1 fully saturated rings.